The number of rotatable bonds is 6. The van der Waals surface area contributed by atoms with E-state index in [1.54, 1.807) is 39.0 Å². The van der Waals surface area contributed by atoms with Crippen molar-refractivity contribution in [2.45, 2.75) is 46.6 Å². The Morgan fingerprint density at radius 1 is 0.929 bits per heavy atom. The number of nitro benzene ring substituents is 2. The molecule has 1 aliphatic rings. The van der Waals surface area contributed by atoms with E-state index in [1.165, 1.54) is 18.2 Å². The number of amides is 2. The van der Waals surface area contributed by atoms with E-state index < -0.39 is 21.8 Å². The van der Waals surface area contributed by atoms with E-state index in [0.717, 1.165) is 22.4 Å². The average molecular weight is 578 g/mol. The Hall–Kier alpha value is -5.60. The van der Waals surface area contributed by atoms with Gasteiger partial charge < -0.3 is 25.4 Å². The first kappa shape index (κ1) is 29.4. The van der Waals surface area contributed by atoms with E-state index in [4.69, 9.17) is 14.8 Å². The number of carbonyl (C=O) groups excluding carboxylic acids is 2. The van der Waals surface area contributed by atoms with Crippen molar-refractivity contribution in [1.29, 1.82) is 0 Å². The van der Waals surface area contributed by atoms with Gasteiger partial charge in [0.15, 0.2) is 0 Å². The fourth-order valence-corrected chi connectivity index (χ4v) is 4.65. The summed E-state index contributed by atoms with van der Waals surface area (Å²) in [6.45, 7) is 7.10. The normalized spacial score (nSPS) is 14.1. The maximum atomic E-state index is 12.3. The van der Waals surface area contributed by atoms with Gasteiger partial charge in [0.25, 0.3) is 11.4 Å². The van der Waals surface area contributed by atoms with Gasteiger partial charge in [-0.1, -0.05) is 10.3 Å². The van der Waals surface area contributed by atoms with Gasteiger partial charge in [-0.25, -0.2) is 0 Å². The van der Waals surface area contributed by atoms with Crippen LogP contribution < -0.4 is 16.4 Å². The summed E-state index contributed by atoms with van der Waals surface area (Å²) in [4.78, 5) is 44.4. The second kappa shape index (κ2) is 11.9. The highest BCUT2D eigenvalue weighted by molar-refractivity contribution is 6.00. The third-order valence-corrected chi connectivity index (χ3v) is 6.63. The molecule has 0 bridgehead atoms. The second-order valence-electron chi connectivity index (χ2n) is 9.57. The lowest BCUT2D eigenvalue weighted by Crippen LogP contribution is -2.37. The predicted octanol–water partition coefficient (Wildman–Crippen LogP) is 4.53. The Balaban J connectivity index is 0.000000208. The molecule has 218 valence electrons. The minimum atomic E-state index is -0.685. The molecule has 15 nitrogen and oxygen atoms in total. The summed E-state index contributed by atoms with van der Waals surface area (Å²) in [5.41, 5.74) is 9.84. The van der Waals surface area contributed by atoms with Crippen LogP contribution in [0.5, 0.6) is 0 Å². The van der Waals surface area contributed by atoms with Gasteiger partial charge in [0.2, 0.25) is 11.8 Å². The molecular formula is C27H27N7O8. The Labute approximate surface area is 238 Å². The van der Waals surface area contributed by atoms with Gasteiger partial charge in [-0.15, -0.1) is 0 Å². The van der Waals surface area contributed by atoms with Gasteiger partial charge in [-0.05, 0) is 69.5 Å². The summed E-state index contributed by atoms with van der Waals surface area (Å²) in [6, 6.07) is 8.32. The van der Waals surface area contributed by atoms with Gasteiger partial charge in [0, 0.05) is 29.7 Å². The number of carbonyl (C=O) groups is 2. The SMILES string of the molecule is Cc1noc(C)c1-c1ccc([N+](=O)[O-])c(N)c1.Cc1noc(C)c1-c1ccc([N+](=O)[O-])c(NC(=O)[C@@H]2CCC(=O)N2)c1. The zero-order valence-corrected chi connectivity index (χ0v) is 23.1. The highest BCUT2D eigenvalue weighted by atomic mass is 16.6. The quantitative estimate of drug-likeness (QED) is 0.164. The standard InChI is InChI=1S/C16H16N4O5.C11H11N3O3/c1-8-15(9(2)25-19-8)10-3-5-13(20(23)24)12(7-10)18-16(22)11-4-6-14(21)17-11;1-6-11(7(2)17-13-6)8-3-4-10(14(15)16)9(12)5-8/h3,5,7,11H,4,6H2,1-2H3,(H,17,21)(H,18,22);3-5H,12H2,1-2H3/t11-;/m0./s1. The molecule has 0 spiro atoms. The van der Waals surface area contributed by atoms with E-state index in [9.17, 15) is 29.8 Å². The molecule has 1 atom stereocenters. The van der Waals surface area contributed by atoms with Crippen molar-refractivity contribution in [1.82, 2.24) is 15.6 Å². The molecule has 0 radical (unpaired) electrons. The molecule has 1 aliphatic heterocycles. The molecule has 4 N–H and O–H groups in total. The lowest BCUT2D eigenvalue weighted by atomic mass is 10.0. The van der Waals surface area contributed by atoms with E-state index >= 15 is 0 Å². The summed E-state index contributed by atoms with van der Waals surface area (Å²) in [5.74, 6) is 0.548. The van der Waals surface area contributed by atoms with Crippen LogP contribution in [0.25, 0.3) is 22.3 Å². The molecule has 15 heteroatoms. The summed E-state index contributed by atoms with van der Waals surface area (Å²) in [7, 11) is 0. The Kier molecular flexibility index (Phi) is 8.31. The first-order valence-corrected chi connectivity index (χ1v) is 12.7. The zero-order valence-electron chi connectivity index (χ0n) is 23.1. The zero-order chi connectivity index (χ0) is 30.7. The predicted molar refractivity (Wildman–Crippen MR) is 150 cm³/mol. The van der Waals surface area contributed by atoms with Gasteiger partial charge in [0.05, 0.1) is 21.2 Å². The fourth-order valence-electron chi connectivity index (χ4n) is 4.65. The number of aromatic nitrogens is 2. The molecule has 4 aromatic rings. The van der Waals surface area contributed by atoms with Crippen LogP contribution in [0.2, 0.25) is 0 Å². The van der Waals surface area contributed by atoms with Crippen LogP contribution in [0.4, 0.5) is 22.7 Å². The van der Waals surface area contributed by atoms with Crippen molar-refractivity contribution in [2.24, 2.45) is 0 Å². The number of benzene rings is 2. The van der Waals surface area contributed by atoms with Crippen LogP contribution in [-0.2, 0) is 9.59 Å². The van der Waals surface area contributed by atoms with Crippen molar-refractivity contribution in [3.63, 3.8) is 0 Å². The molecule has 1 saturated heterocycles. The average Bonchev–Trinajstić information content (AvgIpc) is 3.61. The number of nitro groups is 2. The summed E-state index contributed by atoms with van der Waals surface area (Å²) >= 11 is 0. The van der Waals surface area contributed by atoms with Crippen molar-refractivity contribution in [3.8, 4) is 22.3 Å². The number of nitrogens with zero attached hydrogens (tertiary/aromatic N) is 4. The van der Waals surface area contributed by atoms with Crippen molar-refractivity contribution < 1.29 is 28.5 Å². The fraction of sp³-hybridized carbons (Fsp3) is 0.259. The molecule has 42 heavy (non-hydrogen) atoms. The van der Waals surface area contributed by atoms with Crippen molar-refractivity contribution in [3.05, 3.63) is 79.5 Å². The molecule has 0 saturated carbocycles. The number of anilines is 2. The Morgan fingerprint density at radius 3 is 1.88 bits per heavy atom. The van der Waals surface area contributed by atoms with E-state index in [-0.39, 0.29) is 35.1 Å². The molecule has 2 aromatic carbocycles. The minimum absolute atomic E-state index is 0.0636. The smallest absolute Gasteiger partial charge is 0.292 e. The number of hydrogen-bond donors (Lipinski definition) is 3. The van der Waals surface area contributed by atoms with Crippen LogP contribution in [0, 0.1) is 47.9 Å². The lowest BCUT2D eigenvalue weighted by molar-refractivity contribution is -0.384. The summed E-state index contributed by atoms with van der Waals surface area (Å²) in [6.07, 6.45) is 0.626. The maximum Gasteiger partial charge on any atom is 0.292 e. The molecular weight excluding hydrogens is 550 g/mol. The molecule has 1 fully saturated rings. The molecule has 0 aliphatic carbocycles. The van der Waals surface area contributed by atoms with E-state index in [2.05, 4.69) is 20.9 Å². The molecule has 3 heterocycles. The number of hydrogen-bond acceptors (Lipinski definition) is 11. The van der Waals surface area contributed by atoms with Crippen LogP contribution >= 0.6 is 0 Å². The number of nitrogen functional groups attached to an aromatic ring is 1. The van der Waals surface area contributed by atoms with Crippen molar-refractivity contribution >= 4 is 34.6 Å². The van der Waals surface area contributed by atoms with Gasteiger partial charge in [0.1, 0.15) is 28.9 Å². The van der Waals surface area contributed by atoms with Gasteiger partial charge in [-0.3, -0.25) is 29.8 Å². The summed E-state index contributed by atoms with van der Waals surface area (Å²) < 4.78 is 10.2. The topological polar surface area (TPSA) is 223 Å². The summed E-state index contributed by atoms with van der Waals surface area (Å²) in [5, 5.41) is 34.7. The van der Waals surface area contributed by atoms with E-state index in [0.29, 0.717) is 29.2 Å². The Bertz CT molecular complexity index is 1670. The third-order valence-electron chi connectivity index (χ3n) is 6.63. The number of nitrogens with one attached hydrogen (secondary N) is 2. The van der Waals surface area contributed by atoms with E-state index in [1.807, 2.05) is 6.92 Å². The van der Waals surface area contributed by atoms with Gasteiger partial charge in [-0.2, -0.15) is 0 Å². The largest absolute Gasteiger partial charge is 0.393 e. The van der Waals surface area contributed by atoms with Crippen LogP contribution in [0.1, 0.15) is 35.7 Å². The number of aryl methyl sites for hydroxylation is 4. The number of nitrogens with two attached hydrogens (primary N) is 1. The molecule has 5 rings (SSSR count). The second-order valence-corrected chi connectivity index (χ2v) is 9.57. The minimum Gasteiger partial charge on any atom is -0.393 e. The van der Waals surface area contributed by atoms with Crippen LogP contribution in [0.15, 0.2) is 45.4 Å². The first-order chi connectivity index (χ1) is 19.9. The molecule has 2 amide bonds. The highest BCUT2D eigenvalue weighted by Gasteiger charge is 2.29. The first-order valence-electron chi connectivity index (χ1n) is 12.7. The van der Waals surface area contributed by atoms with Crippen molar-refractivity contribution in [2.75, 3.05) is 11.1 Å². The maximum absolute atomic E-state index is 12.3. The lowest BCUT2D eigenvalue weighted by Gasteiger charge is -2.12. The molecule has 2 aromatic heterocycles. The van der Waals surface area contributed by atoms with Crippen LogP contribution in [0.3, 0.4) is 0 Å². The Morgan fingerprint density at radius 2 is 1.45 bits per heavy atom. The van der Waals surface area contributed by atoms with Crippen LogP contribution in [-0.4, -0.2) is 38.0 Å². The third kappa shape index (κ3) is 6.09. The molecule has 0 unspecified atom stereocenters. The highest BCUT2D eigenvalue weighted by Crippen LogP contribution is 2.34. The van der Waals surface area contributed by atoms with Gasteiger partial charge >= 0.3 is 0 Å². The monoisotopic (exact) mass is 577 g/mol.